The minimum absolute atomic E-state index is 0.182. The summed E-state index contributed by atoms with van der Waals surface area (Å²) in [6.07, 6.45) is 5.26. The fourth-order valence-electron chi connectivity index (χ4n) is 3.74. The number of nitrogens with one attached hydrogen (secondary N) is 3. The predicted octanol–water partition coefficient (Wildman–Crippen LogP) is 2.72. The minimum atomic E-state index is -2.44. The number of ether oxygens (including phenoxy) is 1. The monoisotopic (exact) mass is 439 g/mol. The van der Waals surface area contributed by atoms with Crippen LogP contribution in [0.2, 0.25) is 0 Å². The molecule has 8 nitrogen and oxygen atoms in total. The van der Waals surface area contributed by atoms with E-state index in [1.807, 2.05) is 30.3 Å². The standard InChI is InChI=1S/C22H24N4O4S/c1-30-19-11-16(9-10-18(19)17-12-23-24-13-17)22(27)25-20(14-5-3-2-4-6-14)21(15-7-8-15)26-31(28)29/h2-6,9-13,15,20-21,26H,7-8H2,1H3,(H,23,24)(H,25,27)(H,28,29)/p-1/t20-,21?/m0/s1. The van der Waals surface area contributed by atoms with E-state index in [0.29, 0.717) is 11.3 Å². The Morgan fingerprint density at radius 1 is 1.26 bits per heavy atom. The molecular formula is C22H23N4O4S-. The van der Waals surface area contributed by atoms with Crippen molar-refractivity contribution in [2.45, 2.75) is 24.9 Å². The van der Waals surface area contributed by atoms with Crippen molar-refractivity contribution >= 4 is 17.2 Å². The summed E-state index contributed by atoms with van der Waals surface area (Å²) < 4.78 is 30.9. The lowest BCUT2D eigenvalue weighted by molar-refractivity contribution is 0.0926. The molecule has 31 heavy (non-hydrogen) atoms. The Kier molecular flexibility index (Phi) is 6.45. The highest BCUT2D eigenvalue weighted by Gasteiger charge is 2.38. The van der Waals surface area contributed by atoms with Crippen LogP contribution >= 0.6 is 0 Å². The zero-order valence-corrected chi connectivity index (χ0v) is 17.7. The fourth-order valence-corrected chi connectivity index (χ4v) is 4.29. The first-order valence-electron chi connectivity index (χ1n) is 9.95. The van der Waals surface area contributed by atoms with Gasteiger partial charge in [-0.3, -0.25) is 14.1 Å². The molecule has 0 saturated heterocycles. The molecule has 2 aromatic carbocycles. The van der Waals surface area contributed by atoms with Gasteiger partial charge in [-0.1, -0.05) is 30.3 Å². The van der Waals surface area contributed by atoms with Gasteiger partial charge in [0.05, 0.1) is 19.3 Å². The van der Waals surface area contributed by atoms with Gasteiger partial charge in [0, 0.05) is 40.2 Å². The largest absolute Gasteiger partial charge is 0.760 e. The summed E-state index contributed by atoms with van der Waals surface area (Å²) in [4.78, 5) is 13.2. The summed E-state index contributed by atoms with van der Waals surface area (Å²) in [5, 5.41) is 9.75. The van der Waals surface area contributed by atoms with Crippen LogP contribution in [0.3, 0.4) is 0 Å². The quantitative estimate of drug-likeness (QED) is 0.443. The molecule has 3 atom stereocenters. The van der Waals surface area contributed by atoms with E-state index in [4.69, 9.17) is 4.74 Å². The maximum Gasteiger partial charge on any atom is 0.251 e. The van der Waals surface area contributed by atoms with E-state index < -0.39 is 23.4 Å². The highest BCUT2D eigenvalue weighted by molar-refractivity contribution is 7.77. The van der Waals surface area contributed by atoms with E-state index in [1.54, 1.807) is 37.7 Å². The van der Waals surface area contributed by atoms with Gasteiger partial charge in [-0.05, 0) is 42.5 Å². The van der Waals surface area contributed by atoms with Crippen LogP contribution < -0.4 is 14.8 Å². The maximum absolute atomic E-state index is 13.2. The van der Waals surface area contributed by atoms with Gasteiger partial charge in [0.1, 0.15) is 5.75 Å². The van der Waals surface area contributed by atoms with Gasteiger partial charge in [-0.2, -0.15) is 5.10 Å². The van der Waals surface area contributed by atoms with Gasteiger partial charge in [-0.15, -0.1) is 0 Å². The minimum Gasteiger partial charge on any atom is -0.760 e. The van der Waals surface area contributed by atoms with Crippen molar-refractivity contribution in [2.24, 2.45) is 5.92 Å². The van der Waals surface area contributed by atoms with Crippen LogP contribution in [-0.4, -0.2) is 38.0 Å². The second kappa shape index (κ2) is 9.42. The summed E-state index contributed by atoms with van der Waals surface area (Å²) in [7, 11) is 1.55. The van der Waals surface area contributed by atoms with E-state index in [2.05, 4.69) is 20.2 Å². The molecule has 1 amide bonds. The van der Waals surface area contributed by atoms with Gasteiger partial charge >= 0.3 is 0 Å². The van der Waals surface area contributed by atoms with E-state index in [-0.39, 0.29) is 11.8 Å². The first-order valence-corrected chi connectivity index (χ1v) is 11.0. The molecule has 3 aromatic rings. The van der Waals surface area contributed by atoms with Crippen molar-refractivity contribution < 1.29 is 18.3 Å². The molecule has 1 fully saturated rings. The van der Waals surface area contributed by atoms with Gasteiger partial charge in [0.25, 0.3) is 5.91 Å². The third kappa shape index (κ3) is 5.01. The van der Waals surface area contributed by atoms with Gasteiger partial charge in [0.15, 0.2) is 0 Å². The number of carbonyl (C=O) groups is 1. The molecule has 1 heterocycles. The van der Waals surface area contributed by atoms with E-state index in [9.17, 15) is 13.6 Å². The summed E-state index contributed by atoms with van der Waals surface area (Å²) in [5.41, 5.74) is 2.92. The second-order valence-corrected chi connectivity index (χ2v) is 8.18. The Balaban J connectivity index is 1.62. The van der Waals surface area contributed by atoms with Crippen molar-refractivity contribution in [2.75, 3.05) is 7.11 Å². The molecule has 0 radical (unpaired) electrons. The Morgan fingerprint density at radius 3 is 2.65 bits per heavy atom. The number of aromatic amines is 1. The predicted molar refractivity (Wildman–Crippen MR) is 116 cm³/mol. The molecule has 0 aliphatic heterocycles. The number of aromatic nitrogens is 2. The number of methoxy groups -OCH3 is 1. The second-order valence-electron chi connectivity index (χ2n) is 7.48. The summed E-state index contributed by atoms with van der Waals surface area (Å²) in [6, 6.07) is 13.7. The van der Waals surface area contributed by atoms with Crippen LogP contribution in [0.15, 0.2) is 60.9 Å². The molecule has 1 aliphatic carbocycles. The number of hydrogen-bond acceptors (Lipinski definition) is 5. The normalized spacial score (nSPS) is 16.3. The fraction of sp³-hybridized carbons (Fsp3) is 0.273. The first kappa shape index (κ1) is 21.2. The number of rotatable bonds is 9. The van der Waals surface area contributed by atoms with Crippen LogP contribution in [0, 0.1) is 5.92 Å². The summed E-state index contributed by atoms with van der Waals surface area (Å²) >= 11 is -2.44. The number of carbonyl (C=O) groups excluding carboxylic acids is 1. The molecular weight excluding hydrogens is 416 g/mol. The highest BCUT2D eigenvalue weighted by Crippen LogP contribution is 2.38. The lowest BCUT2D eigenvalue weighted by atomic mass is 9.95. The van der Waals surface area contributed by atoms with Gasteiger partial charge in [0.2, 0.25) is 0 Å². The van der Waals surface area contributed by atoms with Crippen LogP contribution in [0.25, 0.3) is 11.1 Å². The topological polar surface area (TPSA) is 119 Å². The lowest BCUT2D eigenvalue weighted by Gasteiger charge is -2.30. The average Bonchev–Trinajstić information content (AvgIpc) is 3.49. The SMILES string of the molecule is COc1cc(C(=O)N[C@@H](c2ccccc2)C(NS(=O)[O-])C2CC2)ccc1-c1cn[nH]c1. The molecule has 1 aromatic heterocycles. The zero-order chi connectivity index (χ0) is 21.8. The third-order valence-corrected chi connectivity index (χ3v) is 5.90. The maximum atomic E-state index is 13.2. The van der Waals surface area contributed by atoms with Crippen molar-refractivity contribution in [3.63, 3.8) is 0 Å². The highest BCUT2D eigenvalue weighted by atomic mass is 32.2. The number of hydrogen-bond donors (Lipinski definition) is 3. The van der Waals surface area contributed by atoms with Crippen LogP contribution in [0.5, 0.6) is 5.75 Å². The Labute approximate surface area is 182 Å². The smallest absolute Gasteiger partial charge is 0.251 e. The summed E-state index contributed by atoms with van der Waals surface area (Å²) in [6.45, 7) is 0. The molecule has 2 unspecified atom stereocenters. The third-order valence-electron chi connectivity index (χ3n) is 5.44. The number of amides is 1. The van der Waals surface area contributed by atoms with Gasteiger partial charge < -0.3 is 14.6 Å². The Morgan fingerprint density at radius 2 is 2.03 bits per heavy atom. The number of benzene rings is 2. The van der Waals surface area contributed by atoms with E-state index in [0.717, 1.165) is 29.5 Å². The van der Waals surface area contributed by atoms with Crippen molar-refractivity contribution in [1.29, 1.82) is 0 Å². The first-order chi connectivity index (χ1) is 15.1. The van der Waals surface area contributed by atoms with Crippen molar-refractivity contribution in [3.8, 4) is 16.9 Å². The van der Waals surface area contributed by atoms with Crippen LogP contribution in [0.1, 0.15) is 34.8 Å². The van der Waals surface area contributed by atoms with Crippen LogP contribution in [-0.2, 0) is 11.3 Å². The van der Waals surface area contributed by atoms with Crippen molar-refractivity contribution in [3.05, 3.63) is 72.1 Å². The van der Waals surface area contributed by atoms with E-state index >= 15 is 0 Å². The molecule has 1 aliphatic rings. The Bertz CT molecular complexity index is 1050. The molecule has 0 spiro atoms. The van der Waals surface area contributed by atoms with E-state index in [1.165, 1.54) is 0 Å². The average molecular weight is 440 g/mol. The van der Waals surface area contributed by atoms with Crippen LogP contribution in [0.4, 0.5) is 0 Å². The molecule has 3 N–H and O–H groups in total. The molecule has 4 rings (SSSR count). The Hall–Kier alpha value is -3.01. The molecule has 9 heteroatoms. The lowest BCUT2D eigenvalue weighted by Crippen LogP contribution is -2.45. The number of nitrogens with zero attached hydrogens (tertiary/aromatic N) is 1. The van der Waals surface area contributed by atoms with Gasteiger partial charge in [-0.25, -0.2) is 4.72 Å². The summed E-state index contributed by atoms with van der Waals surface area (Å²) in [5.74, 6) is 0.416. The molecule has 1 saturated carbocycles. The molecule has 0 bridgehead atoms. The number of H-pyrrole nitrogens is 1. The van der Waals surface area contributed by atoms with Crippen molar-refractivity contribution in [1.82, 2.24) is 20.2 Å². The molecule has 162 valence electrons. The zero-order valence-electron chi connectivity index (χ0n) is 16.9.